The first-order valence-corrected chi connectivity index (χ1v) is 7.11. The monoisotopic (exact) mass is 247 g/mol. The van der Waals surface area contributed by atoms with Gasteiger partial charge in [-0.05, 0) is 55.0 Å². The van der Waals surface area contributed by atoms with E-state index in [1.165, 1.54) is 17.5 Å². The van der Waals surface area contributed by atoms with E-state index in [0.717, 1.165) is 24.8 Å². The first-order chi connectivity index (χ1) is 8.61. The van der Waals surface area contributed by atoms with Gasteiger partial charge in [0.25, 0.3) is 0 Å². The average Bonchev–Trinajstić information content (AvgIpc) is 2.76. The first-order valence-electron chi connectivity index (χ1n) is 7.11. The van der Waals surface area contributed by atoms with E-state index in [0.29, 0.717) is 12.0 Å². The highest BCUT2D eigenvalue weighted by Crippen LogP contribution is 2.34. The smallest absolute Gasteiger partial charge is 0.119 e. The van der Waals surface area contributed by atoms with Crippen LogP contribution in [0.2, 0.25) is 0 Å². The largest absolute Gasteiger partial charge is 0.494 e. The lowest BCUT2D eigenvalue weighted by Crippen LogP contribution is -2.15. The van der Waals surface area contributed by atoms with E-state index < -0.39 is 0 Å². The standard InChI is InChI=1S/C16H25NO/c1-5-18-13-6-7-14(15(9-13)11(2)3)16-8-12(4)10-17-16/h6-7,9,11-12,16-17H,5,8,10H2,1-4H3/t12-,16-/m1/s1. The maximum Gasteiger partial charge on any atom is 0.119 e. The predicted molar refractivity (Wildman–Crippen MR) is 76.2 cm³/mol. The summed E-state index contributed by atoms with van der Waals surface area (Å²) in [6.45, 7) is 10.7. The van der Waals surface area contributed by atoms with Gasteiger partial charge in [0.15, 0.2) is 0 Å². The van der Waals surface area contributed by atoms with Gasteiger partial charge in [-0.3, -0.25) is 0 Å². The molecule has 1 fully saturated rings. The second-order valence-corrected chi connectivity index (χ2v) is 5.68. The Morgan fingerprint density at radius 3 is 2.72 bits per heavy atom. The van der Waals surface area contributed by atoms with Crippen molar-refractivity contribution in [3.63, 3.8) is 0 Å². The SMILES string of the molecule is CCOc1ccc([C@H]2C[C@@H](C)CN2)c(C(C)C)c1. The molecule has 18 heavy (non-hydrogen) atoms. The van der Waals surface area contributed by atoms with Gasteiger partial charge in [0.1, 0.15) is 5.75 Å². The molecular weight excluding hydrogens is 222 g/mol. The van der Waals surface area contributed by atoms with E-state index in [1.807, 2.05) is 6.92 Å². The van der Waals surface area contributed by atoms with E-state index in [-0.39, 0.29) is 0 Å². The predicted octanol–water partition coefficient (Wildman–Crippen LogP) is 3.88. The van der Waals surface area contributed by atoms with E-state index in [1.54, 1.807) is 0 Å². The lowest BCUT2D eigenvalue weighted by Gasteiger charge is -2.19. The molecule has 0 radical (unpaired) electrons. The normalized spacial score (nSPS) is 23.6. The van der Waals surface area contributed by atoms with Gasteiger partial charge in [-0.1, -0.05) is 26.8 Å². The third kappa shape index (κ3) is 2.86. The van der Waals surface area contributed by atoms with Crippen LogP contribution in [-0.2, 0) is 0 Å². The summed E-state index contributed by atoms with van der Waals surface area (Å²) in [5.74, 6) is 2.32. The molecule has 1 N–H and O–H groups in total. The molecule has 0 saturated carbocycles. The number of ether oxygens (including phenoxy) is 1. The molecule has 1 aliphatic heterocycles. The highest BCUT2D eigenvalue weighted by atomic mass is 16.5. The van der Waals surface area contributed by atoms with Crippen molar-refractivity contribution in [2.45, 2.75) is 46.1 Å². The summed E-state index contributed by atoms with van der Waals surface area (Å²) in [7, 11) is 0. The van der Waals surface area contributed by atoms with Crippen molar-refractivity contribution in [2.75, 3.05) is 13.2 Å². The molecule has 2 nitrogen and oxygen atoms in total. The van der Waals surface area contributed by atoms with Crippen molar-refractivity contribution in [2.24, 2.45) is 5.92 Å². The van der Waals surface area contributed by atoms with Crippen LogP contribution in [0.25, 0.3) is 0 Å². The number of nitrogens with one attached hydrogen (secondary N) is 1. The first kappa shape index (κ1) is 13.4. The molecule has 2 heteroatoms. The molecule has 2 atom stereocenters. The van der Waals surface area contributed by atoms with Crippen LogP contribution in [0, 0.1) is 5.92 Å². The minimum Gasteiger partial charge on any atom is -0.494 e. The Hall–Kier alpha value is -1.02. The second-order valence-electron chi connectivity index (χ2n) is 5.68. The van der Waals surface area contributed by atoms with Crippen LogP contribution in [-0.4, -0.2) is 13.2 Å². The van der Waals surface area contributed by atoms with Crippen LogP contribution in [0.1, 0.15) is 57.2 Å². The molecule has 1 heterocycles. The van der Waals surface area contributed by atoms with Gasteiger partial charge in [-0.25, -0.2) is 0 Å². The molecule has 1 saturated heterocycles. The number of benzene rings is 1. The molecule has 0 spiro atoms. The highest BCUT2D eigenvalue weighted by Gasteiger charge is 2.24. The summed E-state index contributed by atoms with van der Waals surface area (Å²) < 4.78 is 5.62. The van der Waals surface area contributed by atoms with Crippen molar-refractivity contribution in [3.8, 4) is 5.75 Å². The van der Waals surface area contributed by atoms with E-state index in [2.05, 4.69) is 44.3 Å². The number of hydrogen-bond donors (Lipinski definition) is 1. The molecule has 2 rings (SSSR count). The lowest BCUT2D eigenvalue weighted by atomic mass is 9.91. The van der Waals surface area contributed by atoms with Gasteiger partial charge >= 0.3 is 0 Å². The van der Waals surface area contributed by atoms with Crippen LogP contribution < -0.4 is 10.1 Å². The molecule has 0 amide bonds. The highest BCUT2D eigenvalue weighted by molar-refractivity contribution is 5.39. The number of hydrogen-bond acceptors (Lipinski definition) is 2. The third-order valence-electron chi connectivity index (χ3n) is 3.72. The molecule has 0 bridgehead atoms. The lowest BCUT2D eigenvalue weighted by molar-refractivity contribution is 0.339. The van der Waals surface area contributed by atoms with Crippen molar-refractivity contribution < 1.29 is 4.74 Å². The van der Waals surface area contributed by atoms with Crippen molar-refractivity contribution in [1.29, 1.82) is 0 Å². The maximum atomic E-state index is 5.62. The van der Waals surface area contributed by atoms with Crippen LogP contribution in [0.3, 0.4) is 0 Å². The topological polar surface area (TPSA) is 21.3 Å². The quantitative estimate of drug-likeness (QED) is 0.872. The maximum absolute atomic E-state index is 5.62. The van der Waals surface area contributed by atoms with E-state index in [9.17, 15) is 0 Å². The zero-order chi connectivity index (χ0) is 13.1. The molecule has 0 aromatic heterocycles. The minimum absolute atomic E-state index is 0.521. The van der Waals surface area contributed by atoms with Crippen molar-refractivity contribution in [3.05, 3.63) is 29.3 Å². The Morgan fingerprint density at radius 1 is 1.39 bits per heavy atom. The van der Waals surface area contributed by atoms with E-state index in [4.69, 9.17) is 4.74 Å². The van der Waals surface area contributed by atoms with Crippen LogP contribution in [0.4, 0.5) is 0 Å². The fourth-order valence-electron chi connectivity index (χ4n) is 2.78. The fourth-order valence-corrected chi connectivity index (χ4v) is 2.78. The Kier molecular flexibility index (Phi) is 4.28. The molecule has 1 aromatic carbocycles. The summed E-state index contributed by atoms with van der Waals surface area (Å²) in [5, 5.41) is 3.63. The molecule has 1 aromatic rings. The third-order valence-corrected chi connectivity index (χ3v) is 3.72. The Balaban J connectivity index is 2.28. The zero-order valence-corrected chi connectivity index (χ0v) is 12.0. The second kappa shape index (κ2) is 5.75. The van der Waals surface area contributed by atoms with Crippen LogP contribution >= 0.6 is 0 Å². The van der Waals surface area contributed by atoms with Gasteiger partial charge in [0, 0.05) is 6.04 Å². The fraction of sp³-hybridized carbons (Fsp3) is 0.625. The summed E-state index contributed by atoms with van der Waals surface area (Å²) in [6, 6.07) is 7.09. The molecule has 1 aliphatic rings. The molecule has 0 aliphatic carbocycles. The Morgan fingerprint density at radius 2 is 2.17 bits per heavy atom. The molecule has 0 unspecified atom stereocenters. The van der Waals surface area contributed by atoms with E-state index >= 15 is 0 Å². The van der Waals surface area contributed by atoms with Gasteiger partial charge in [-0.15, -0.1) is 0 Å². The molecular formula is C16H25NO. The molecule has 100 valence electrons. The van der Waals surface area contributed by atoms with Gasteiger partial charge in [0.2, 0.25) is 0 Å². The average molecular weight is 247 g/mol. The van der Waals surface area contributed by atoms with Crippen LogP contribution in [0.15, 0.2) is 18.2 Å². The van der Waals surface area contributed by atoms with Gasteiger partial charge in [-0.2, -0.15) is 0 Å². The summed E-state index contributed by atoms with van der Waals surface area (Å²) in [4.78, 5) is 0. The van der Waals surface area contributed by atoms with Crippen LogP contribution in [0.5, 0.6) is 5.75 Å². The van der Waals surface area contributed by atoms with Gasteiger partial charge in [0.05, 0.1) is 6.61 Å². The Bertz CT molecular complexity index is 400. The zero-order valence-electron chi connectivity index (χ0n) is 12.0. The number of rotatable bonds is 4. The Labute approximate surface area is 111 Å². The summed E-state index contributed by atoms with van der Waals surface area (Å²) in [6.07, 6.45) is 1.24. The van der Waals surface area contributed by atoms with Crippen molar-refractivity contribution in [1.82, 2.24) is 5.32 Å². The minimum atomic E-state index is 0.521. The summed E-state index contributed by atoms with van der Waals surface area (Å²) >= 11 is 0. The van der Waals surface area contributed by atoms with Crippen molar-refractivity contribution >= 4 is 0 Å². The van der Waals surface area contributed by atoms with Gasteiger partial charge < -0.3 is 10.1 Å². The summed E-state index contributed by atoms with van der Waals surface area (Å²) in [5.41, 5.74) is 2.88.